The molecule has 6 nitrogen and oxygen atoms in total. The van der Waals surface area contributed by atoms with Gasteiger partial charge in [-0.25, -0.2) is 4.98 Å². The second-order valence-corrected chi connectivity index (χ2v) is 6.98. The molecule has 7 heteroatoms. The van der Waals surface area contributed by atoms with Crippen LogP contribution < -0.4 is 10.6 Å². The van der Waals surface area contributed by atoms with Crippen molar-refractivity contribution in [2.75, 3.05) is 33.2 Å². The second kappa shape index (κ2) is 12.5. The summed E-state index contributed by atoms with van der Waals surface area (Å²) in [5.74, 6) is 1.80. The number of para-hydroxylation sites is 2. The van der Waals surface area contributed by atoms with Gasteiger partial charge in [0.25, 0.3) is 0 Å². The Hall–Kier alpha value is -2.13. The van der Waals surface area contributed by atoms with Gasteiger partial charge in [-0.3, -0.25) is 9.89 Å². The summed E-state index contributed by atoms with van der Waals surface area (Å²) in [7, 11) is 1.81. The van der Waals surface area contributed by atoms with E-state index in [2.05, 4.69) is 80.7 Å². The van der Waals surface area contributed by atoms with Crippen LogP contribution in [0.1, 0.15) is 31.3 Å². The zero-order valence-electron chi connectivity index (χ0n) is 18.1. The van der Waals surface area contributed by atoms with Crippen LogP contribution in [0.4, 0.5) is 0 Å². The fraction of sp³-hybridized carbons (Fsp3) is 0.391. The van der Waals surface area contributed by atoms with E-state index < -0.39 is 0 Å². The highest BCUT2D eigenvalue weighted by molar-refractivity contribution is 14.0. The predicted molar refractivity (Wildman–Crippen MR) is 137 cm³/mol. The third kappa shape index (κ3) is 6.43. The third-order valence-electron chi connectivity index (χ3n) is 5.22. The average molecular weight is 520 g/mol. The molecule has 1 heterocycles. The van der Waals surface area contributed by atoms with Gasteiger partial charge in [0, 0.05) is 26.6 Å². The molecule has 2 aromatic carbocycles. The van der Waals surface area contributed by atoms with Crippen molar-refractivity contribution in [1.29, 1.82) is 0 Å². The van der Waals surface area contributed by atoms with Crippen LogP contribution in [-0.4, -0.2) is 54.1 Å². The molecule has 1 aromatic heterocycles. The largest absolute Gasteiger partial charge is 0.356 e. The molecule has 1 atom stereocenters. The Morgan fingerprint density at radius 3 is 2.40 bits per heavy atom. The molecule has 3 N–H and O–H groups in total. The minimum absolute atomic E-state index is 0. The molecule has 3 rings (SSSR count). The third-order valence-corrected chi connectivity index (χ3v) is 5.22. The smallest absolute Gasteiger partial charge is 0.191 e. The van der Waals surface area contributed by atoms with E-state index in [1.54, 1.807) is 0 Å². The number of hydrogen-bond acceptors (Lipinski definition) is 3. The quantitative estimate of drug-likeness (QED) is 0.227. The van der Waals surface area contributed by atoms with E-state index in [1.165, 1.54) is 5.56 Å². The first-order valence-corrected chi connectivity index (χ1v) is 10.4. The molecule has 162 valence electrons. The lowest BCUT2D eigenvalue weighted by molar-refractivity contribution is 0.219. The van der Waals surface area contributed by atoms with Crippen molar-refractivity contribution in [3.05, 3.63) is 66.0 Å². The number of nitrogens with one attached hydrogen (secondary N) is 3. The maximum absolute atomic E-state index is 4.63. The van der Waals surface area contributed by atoms with Gasteiger partial charge in [0.2, 0.25) is 0 Å². The highest BCUT2D eigenvalue weighted by Gasteiger charge is 2.18. The monoisotopic (exact) mass is 520 g/mol. The molecule has 0 bridgehead atoms. The van der Waals surface area contributed by atoms with Crippen LogP contribution in [0.25, 0.3) is 11.0 Å². The molecule has 3 aromatic rings. The Morgan fingerprint density at radius 2 is 1.73 bits per heavy atom. The summed E-state index contributed by atoms with van der Waals surface area (Å²) in [5, 5.41) is 6.90. The number of aliphatic imine (C=N–C) groups is 1. The number of likely N-dealkylation sites (N-methyl/N-ethyl adjacent to an activating group) is 1. The normalized spacial score (nSPS) is 12.6. The molecule has 0 aliphatic rings. The van der Waals surface area contributed by atoms with Crippen molar-refractivity contribution >= 4 is 41.0 Å². The Morgan fingerprint density at radius 1 is 1.03 bits per heavy atom. The second-order valence-electron chi connectivity index (χ2n) is 6.98. The molecule has 30 heavy (non-hydrogen) atoms. The zero-order chi connectivity index (χ0) is 20.5. The Kier molecular flexibility index (Phi) is 10.1. The molecule has 0 saturated carbocycles. The first kappa shape index (κ1) is 24.1. The van der Waals surface area contributed by atoms with Gasteiger partial charge in [-0.15, -0.1) is 24.0 Å². The van der Waals surface area contributed by atoms with Crippen LogP contribution in [-0.2, 0) is 6.42 Å². The predicted octanol–water partition coefficient (Wildman–Crippen LogP) is 3.97. The number of aromatic nitrogens is 2. The Balaban J connectivity index is 0.00000320. The standard InChI is InChI=1S/C23H32N6.HI/c1-4-29(5-2)21(18-11-7-6-8-12-18)17-26-23(24-3)25-16-15-22-27-19-13-9-10-14-20(19)28-22;/h6-14,21H,4-5,15-17H2,1-3H3,(H,27,28)(H2,24,25,26);1H. The van der Waals surface area contributed by atoms with Crippen LogP contribution in [0, 0.1) is 0 Å². The first-order chi connectivity index (χ1) is 14.2. The first-order valence-electron chi connectivity index (χ1n) is 10.4. The molecule has 0 aliphatic heterocycles. The molecule has 0 saturated heterocycles. The minimum atomic E-state index is 0. The summed E-state index contributed by atoms with van der Waals surface area (Å²) in [6.07, 6.45) is 0.813. The van der Waals surface area contributed by atoms with Crippen LogP contribution in [0.3, 0.4) is 0 Å². The summed E-state index contributed by atoms with van der Waals surface area (Å²) in [6.45, 7) is 8.00. The number of halogens is 1. The van der Waals surface area contributed by atoms with E-state index in [4.69, 9.17) is 0 Å². The van der Waals surface area contributed by atoms with Crippen molar-refractivity contribution < 1.29 is 0 Å². The van der Waals surface area contributed by atoms with E-state index in [-0.39, 0.29) is 24.0 Å². The van der Waals surface area contributed by atoms with Crippen molar-refractivity contribution in [2.24, 2.45) is 4.99 Å². The van der Waals surface area contributed by atoms with Crippen molar-refractivity contribution in [3.8, 4) is 0 Å². The van der Waals surface area contributed by atoms with Gasteiger partial charge in [-0.2, -0.15) is 0 Å². The highest BCUT2D eigenvalue weighted by atomic mass is 127. The lowest BCUT2D eigenvalue weighted by atomic mass is 10.1. The van der Waals surface area contributed by atoms with Crippen LogP contribution in [0.5, 0.6) is 0 Å². The van der Waals surface area contributed by atoms with Crippen molar-refractivity contribution in [3.63, 3.8) is 0 Å². The number of fused-ring (bicyclic) bond motifs is 1. The van der Waals surface area contributed by atoms with Gasteiger partial charge in [0.05, 0.1) is 17.1 Å². The number of benzene rings is 2. The molecule has 0 amide bonds. The summed E-state index contributed by atoms with van der Waals surface area (Å²) in [4.78, 5) is 14.8. The van der Waals surface area contributed by atoms with Crippen molar-refractivity contribution in [2.45, 2.75) is 26.3 Å². The summed E-state index contributed by atoms with van der Waals surface area (Å²) < 4.78 is 0. The van der Waals surface area contributed by atoms with Gasteiger partial charge in [0.1, 0.15) is 5.82 Å². The van der Waals surface area contributed by atoms with E-state index in [0.29, 0.717) is 6.04 Å². The molecule has 1 unspecified atom stereocenters. The number of H-pyrrole nitrogens is 1. The van der Waals surface area contributed by atoms with Gasteiger partial charge in [-0.05, 0) is 30.8 Å². The number of rotatable bonds is 9. The number of nitrogens with zero attached hydrogens (tertiary/aromatic N) is 3. The molecule has 0 radical (unpaired) electrons. The van der Waals surface area contributed by atoms with E-state index in [9.17, 15) is 0 Å². The lowest BCUT2D eigenvalue weighted by Gasteiger charge is -2.30. The molecule has 0 spiro atoms. The van der Waals surface area contributed by atoms with E-state index in [1.807, 2.05) is 25.2 Å². The average Bonchev–Trinajstić information content (AvgIpc) is 3.18. The number of imidazole rings is 1. The van der Waals surface area contributed by atoms with Gasteiger partial charge in [-0.1, -0.05) is 56.3 Å². The van der Waals surface area contributed by atoms with Gasteiger partial charge < -0.3 is 15.6 Å². The molecule has 0 fully saturated rings. The van der Waals surface area contributed by atoms with Gasteiger partial charge >= 0.3 is 0 Å². The van der Waals surface area contributed by atoms with Crippen molar-refractivity contribution in [1.82, 2.24) is 25.5 Å². The summed E-state index contributed by atoms with van der Waals surface area (Å²) in [5.41, 5.74) is 3.41. The maximum atomic E-state index is 4.63. The number of aromatic amines is 1. The maximum Gasteiger partial charge on any atom is 0.191 e. The lowest BCUT2D eigenvalue weighted by Crippen LogP contribution is -2.43. The molecular formula is C23H33IN6. The minimum Gasteiger partial charge on any atom is -0.356 e. The van der Waals surface area contributed by atoms with E-state index in [0.717, 1.165) is 55.4 Å². The molecule has 0 aliphatic carbocycles. The number of guanidine groups is 1. The van der Waals surface area contributed by atoms with Gasteiger partial charge in [0.15, 0.2) is 5.96 Å². The van der Waals surface area contributed by atoms with Crippen LogP contribution >= 0.6 is 24.0 Å². The molecular weight excluding hydrogens is 487 g/mol. The van der Waals surface area contributed by atoms with Crippen LogP contribution in [0.2, 0.25) is 0 Å². The Bertz CT molecular complexity index is 871. The Labute approximate surface area is 196 Å². The number of hydrogen-bond donors (Lipinski definition) is 3. The zero-order valence-corrected chi connectivity index (χ0v) is 20.4. The van der Waals surface area contributed by atoms with Crippen LogP contribution in [0.15, 0.2) is 59.6 Å². The van der Waals surface area contributed by atoms with E-state index >= 15 is 0 Å². The highest BCUT2D eigenvalue weighted by Crippen LogP contribution is 2.19. The summed E-state index contributed by atoms with van der Waals surface area (Å²) in [6, 6.07) is 19.1. The SMILES string of the molecule is CCN(CC)C(CNC(=NC)NCCc1nc2ccccc2[nH]1)c1ccccc1.I. The topological polar surface area (TPSA) is 68.3 Å². The fourth-order valence-corrected chi connectivity index (χ4v) is 3.63. The fourth-order valence-electron chi connectivity index (χ4n) is 3.63. The summed E-state index contributed by atoms with van der Waals surface area (Å²) >= 11 is 0.